The van der Waals surface area contributed by atoms with E-state index >= 15 is 0 Å². The predicted molar refractivity (Wildman–Crippen MR) is 178 cm³/mol. The van der Waals surface area contributed by atoms with Gasteiger partial charge in [0.15, 0.2) is 6.29 Å². The minimum atomic E-state index is -0.842. The summed E-state index contributed by atoms with van der Waals surface area (Å²) in [7, 11) is 0. The Hall–Kier alpha value is -0.200. The summed E-state index contributed by atoms with van der Waals surface area (Å²) in [4.78, 5) is 0. The summed E-state index contributed by atoms with van der Waals surface area (Å²) in [5.74, 6) is 3.92. The molecule has 0 aromatic rings. The molecule has 8 saturated carbocycles. The molecular formula is C40H68O5. The SMILES string of the molecule is CC(O)C1C(C)CC2(C)C(OC(O)CC34CCC5CC(CC(C5)C3)C4)C3(C)C(C)C4CCCC(C)C4C(O)C3C(C)C2(C)C1O. The molecule has 0 aromatic carbocycles. The van der Waals surface area contributed by atoms with Gasteiger partial charge in [-0.3, -0.25) is 0 Å². The van der Waals surface area contributed by atoms with Crippen molar-refractivity contribution in [2.75, 3.05) is 0 Å². The van der Waals surface area contributed by atoms with Crippen LogP contribution in [0.2, 0.25) is 0 Å². The Kier molecular flexibility index (Phi) is 8.26. The van der Waals surface area contributed by atoms with Gasteiger partial charge in [0.05, 0.1) is 24.4 Å². The molecule has 8 aliphatic rings. The van der Waals surface area contributed by atoms with Crippen LogP contribution in [0.5, 0.6) is 0 Å². The number of hydrogen-bond donors (Lipinski definition) is 4. The zero-order valence-corrected chi connectivity index (χ0v) is 29.9. The second kappa shape index (κ2) is 11.2. The van der Waals surface area contributed by atoms with Crippen LogP contribution in [-0.4, -0.2) is 51.1 Å². The summed E-state index contributed by atoms with van der Waals surface area (Å²) >= 11 is 0. The fraction of sp³-hybridized carbons (Fsp3) is 1.00. The molecule has 8 aliphatic carbocycles. The molecule has 0 saturated heterocycles. The Morgan fingerprint density at radius 2 is 1.44 bits per heavy atom. The molecule has 258 valence electrons. The highest BCUT2D eigenvalue weighted by Crippen LogP contribution is 2.74. The van der Waals surface area contributed by atoms with Gasteiger partial charge in [0.2, 0.25) is 0 Å². The van der Waals surface area contributed by atoms with E-state index in [2.05, 4.69) is 48.5 Å². The normalized spacial score (nSPS) is 60.3. The number of aliphatic hydroxyl groups is 4. The van der Waals surface area contributed by atoms with Crippen molar-refractivity contribution in [3.63, 3.8) is 0 Å². The monoisotopic (exact) mass is 629 g/mol. The topological polar surface area (TPSA) is 90.2 Å². The van der Waals surface area contributed by atoms with Gasteiger partial charge in [-0.05, 0) is 129 Å². The van der Waals surface area contributed by atoms with Gasteiger partial charge in [-0.1, -0.05) is 61.3 Å². The second-order valence-electron chi connectivity index (χ2n) is 19.7. The minimum Gasteiger partial charge on any atom is -0.393 e. The van der Waals surface area contributed by atoms with Gasteiger partial charge in [-0.15, -0.1) is 0 Å². The Labute approximate surface area is 274 Å². The van der Waals surface area contributed by atoms with Gasteiger partial charge in [0.1, 0.15) is 0 Å². The lowest BCUT2D eigenvalue weighted by molar-refractivity contribution is -0.359. The summed E-state index contributed by atoms with van der Waals surface area (Å²) in [6, 6.07) is 0. The van der Waals surface area contributed by atoms with Crippen LogP contribution >= 0.6 is 0 Å². The Balaban J connectivity index is 1.30. The third kappa shape index (κ3) is 4.61. The van der Waals surface area contributed by atoms with Crippen molar-refractivity contribution in [3.8, 4) is 0 Å². The summed E-state index contributed by atoms with van der Waals surface area (Å²) in [5.41, 5.74) is -1.18. The van der Waals surface area contributed by atoms with Crippen molar-refractivity contribution in [2.24, 2.45) is 86.8 Å². The highest BCUT2D eigenvalue weighted by molar-refractivity contribution is 5.23. The molecule has 0 radical (unpaired) electrons. The summed E-state index contributed by atoms with van der Waals surface area (Å²) < 4.78 is 7.32. The summed E-state index contributed by atoms with van der Waals surface area (Å²) in [6.45, 7) is 18.1. The Bertz CT molecular complexity index is 1090. The second-order valence-corrected chi connectivity index (χ2v) is 19.7. The molecule has 0 heterocycles. The third-order valence-corrected chi connectivity index (χ3v) is 17.7. The zero-order chi connectivity index (χ0) is 32.4. The van der Waals surface area contributed by atoms with E-state index in [1.165, 1.54) is 57.8 Å². The minimum absolute atomic E-state index is 0.0344. The molecule has 0 amide bonds. The highest BCUT2D eigenvalue weighted by Gasteiger charge is 2.76. The lowest BCUT2D eigenvalue weighted by Crippen LogP contribution is -2.77. The maximum atomic E-state index is 12.6. The Morgan fingerprint density at radius 3 is 2.09 bits per heavy atom. The maximum absolute atomic E-state index is 12.6. The molecule has 18 atom stereocenters. The average Bonchev–Trinajstić information content (AvgIpc) is 3.14. The van der Waals surface area contributed by atoms with E-state index < -0.39 is 35.4 Å². The number of rotatable bonds is 5. The van der Waals surface area contributed by atoms with Crippen molar-refractivity contribution in [3.05, 3.63) is 0 Å². The van der Waals surface area contributed by atoms with Crippen LogP contribution in [0, 0.1) is 86.8 Å². The lowest BCUT2D eigenvalue weighted by atomic mass is 9.31. The molecule has 8 rings (SSSR count). The van der Waals surface area contributed by atoms with Gasteiger partial charge in [-0.25, -0.2) is 0 Å². The van der Waals surface area contributed by atoms with Crippen molar-refractivity contribution < 1.29 is 25.2 Å². The molecule has 4 N–H and O–H groups in total. The van der Waals surface area contributed by atoms with Crippen LogP contribution in [-0.2, 0) is 4.74 Å². The quantitative estimate of drug-likeness (QED) is 0.238. The van der Waals surface area contributed by atoms with Gasteiger partial charge in [0.25, 0.3) is 0 Å². The van der Waals surface area contributed by atoms with Crippen LogP contribution in [0.3, 0.4) is 0 Å². The smallest absolute Gasteiger partial charge is 0.155 e. The number of aliphatic hydroxyl groups excluding tert-OH is 4. The fourth-order valence-corrected chi connectivity index (χ4v) is 15.8. The molecule has 5 nitrogen and oxygen atoms in total. The van der Waals surface area contributed by atoms with Crippen molar-refractivity contribution in [2.45, 2.75) is 163 Å². The highest BCUT2D eigenvalue weighted by atomic mass is 16.6. The van der Waals surface area contributed by atoms with E-state index in [1.54, 1.807) is 0 Å². The van der Waals surface area contributed by atoms with Crippen LogP contribution in [0.25, 0.3) is 0 Å². The number of fused-ring (bicyclic) bond motifs is 4. The van der Waals surface area contributed by atoms with E-state index in [1.807, 2.05) is 6.92 Å². The molecule has 45 heavy (non-hydrogen) atoms. The lowest BCUT2D eigenvalue weighted by Gasteiger charge is -2.75. The van der Waals surface area contributed by atoms with Gasteiger partial charge < -0.3 is 25.2 Å². The molecule has 8 fully saturated rings. The van der Waals surface area contributed by atoms with Crippen molar-refractivity contribution >= 4 is 0 Å². The molecule has 4 bridgehead atoms. The maximum Gasteiger partial charge on any atom is 0.155 e. The number of hydrogen-bond acceptors (Lipinski definition) is 5. The zero-order valence-electron chi connectivity index (χ0n) is 29.9. The number of ether oxygens (including phenoxy) is 1. The van der Waals surface area contributed by atoms with E-state index in [0.29, 0.717) is 17.8 Å². The van der Waals surface area contributed by atoms with Crippen molar-refractivity contribution in [1.82, 2.24) is 0 Å². The molecule has 18 unspecified atom stereocenters. The van der Waals surface area contributed by atoms with Crippen LogP contribution in [0.15, 0.2) is 0 Å². The summed E-state index contributed by atoms with van der Waals surface area (Å²) in [5, 5.41) is 48.2. The average molecular weight is 629 g/mol. The molecular weight excluding hydrogens is 560 g/mol. The fourth-order valence-electron chi connectivity index (χ4n) is 15.8. The van der Waals surface area contributed by atoms with Crippen molar-refractivity contribution in [1.29, 1.82) is 0 Å². The third-order valence-electron chi connectivity index (χ3n) is 17.7. The first-order chi connectivity index (χ1) is 21.1. The molecule has 0 aromatic heterocycles. The van der Waals surface area contributed by atoms with E-state index in [9.17, 15) is 20.4 Å². The largest absolute Gasteiger partial charge is 0.393 e. The van der Waals surface area contributed by atoms with E-state index in [0.717, 1.165) is 37.0 Å². The first kappa shape index (κ1) is 33.3. The van der Waals surface area contributed by atoms with E-state index in [-0.39, 0.29) is 46.5 Å². The van der Waals surface area contributed by atoms with Crippen LogP contribution < -0.4 is 0 Å². The molecule has 0 spiro atoms. The first-order valence-electron chi connectivity index (χ1n) is 19.4. The standard InChI is InChI=1S/C40H68O5/c1-21-10-9-11-29-23(3)38(7)33(34(43)32(21)29)24(4)39(8)35(44)31(25(5)41)22(2)17-37(39,6)36(38)45-30(42)20-40-13-12-26-14-27(18-40)16-28(15-26)19-40/h21-36,41-44H,9-20H2,1-8H3. The van der Waals surface area contributed by atoms with Gasteiger partial charge in [0, 0.05) is 28.6 Å². The Morgan fingerprint density at radius 1 is 0.800 bits per heavy atom. The molecule has 0 aliphatic heterocycles. The first-order valence-corrected chi connectivity index (χ1v) is 19.4. The van der Waals surface area contributed by atoms with Gasteiger partial charge in [-0.2, -0.15) is 0 Å². The van der Waals surface area contributed by atoms with Crippen LogP contribution in [0.1, 0.15) is 132 Å². The predicted octanol–water partition coefficient (Wildman–Crippen LogP) is 7.43. The van der Waals surface area contributed by atoms with Crippen LogP contribution in [0.4, 0.5) is 0 Å². The summed E-state index contributed by atoms with van der Waals surface area (Å²) in [6.07, 6.45) is 11.4. The molecule has 5 heteroatoms. The van der Waals surface area contributed by atoms with Gasteiger partial charge >= 0.3 is 0 Å². The van der Waals surface area contributed by atoms with E-state index in [4.69, 9.17) is 4.74 Å².